The average molecular weight is 321 g/mol. The summed E-state index contributed by atoms with van der Waals surface area (Å²) in [4.78, 5) is -0.0431. The van der Waals surface area contributed by atoms with Crippen LogP contribution in [0.3, 0.4) is 0 Å². The Kier molecular flexibility index (Phi) is 3.75. The normalized spacial score (nSPS) is 12.7. The van der Waals surface area contributed by atoms with Gasteiger partial charge in [-0.25, -0.2) is 16.8 Å². The van der Waals surface area contributed by atoms with Crippen LogP contribution in [0.2, 0.25) is 0 Å². The Morgan fingerprint density at radius 3 is 2.42 bits per heavy atom. The maximum Gasteiger partial charge on any atom is 0.233 e. The summed E-state index contributed by atoms with van der Waals surface area (Å²) < 4.78 is 45.9. The molecule has 2 rings (SSSR count). The minimum atomic E-state index is -3.86. The maximum absolute atomic E-state index is 12.1. The van der Waals surface area contributed by atoms with Crippen molar-refractivity contribution in [2.45, 2.75) is 4.90 Å². The fourth-order valence-electron chi connectivity index (χ4n) is 1.55. The van der Waals surface area contributed by atoms with Crippen molar-refractivity contribution in [3.05, 3.63) is 30.5 Å². The lowest BCUT2D eigenvalue weighted by Crippen LogP contribution is -2.15. The number of halogens is 1. The Balaban J connectivity index is 2.49. The summed E-state index contributed by atoms with van der Waals surface area (Å²) in [7, 11) is -2.62. The van der Waals surface area contributed by atoms with E-state index in [1.807, 2.05) is 0 Å². The number of aromatic nitrogens is 2. The zero-order chi connectivity index (χ0) is 14.1. The van der Waals surface area contributed by atoms with Crippen LogP contribution in [-0.4, -0.2) is 38.5 Å². The van der Waals surface area contributed by atoms with E-state index in [0.717, 1.165) is 6.20 Å². The summed E-state index contributed by atoms with van der Waals surface area (Å²) in [5.41, 5.74) is 0.428. The van der Waals surface area contributed by atoms with E-state index in [-0.39, 0.29) is 4.90 Å². The van der Waals surface area contributed by atoms with E-state index in [2.05, 4.69) is 10.2 Å². The van der Waals surface area contributed by atoms with Crippen molar-refractivity contribution in [1.82, 2.24) is 10.2 Å². The average Bonchev–Trinajstić information content (AvgIpc) is 2.35. The molecule has 1 aromatic heterocycles. The van der Waals surface area contributed by atoms with Gasteiger partial charge in [-0.1, -0.05) is 18.2 Å². The number of rotatable bonds is 4. The second kappa shape index (κ2) is 5.03. The predicted molar refractivity (Wildman–Crippen MR) is 71.2 cm³/mol. The van der Waals surface area contributed by atoms with Crippen LogP contribution in [0, 0.1) is 0 Å². The third-order valence-electron chi connectivity index (χ3n) is 2.44. The summed E-state index contributed by atoms with van der Waals surface area (Å²) in [5.74, 6) is -1.23. The van der Waals surface area contributed by atoms with Gasteiger partial charge in [0, 0.05) is 16.1 Å². The lowest BCUT2D eigenvalue weighted by Gasteiger charge is -2.05. The SMILES string of the molecule is O=S(=O)(Cl)CCS(=O)(=O)c1cnnc2ccccc12. The van der Waals surface area contributed by atoms with E-state index >= 15 is 0 Å². The first-order valence-electron chi connectivity index (χ1n) is 5.15. The van der Waals surface area contributed by atoms with Crippen LogP contribution in [0.25, 0.3) is 10.9 Å². The predicted octanol–water partition coefficient (Wildman–Crippen LogP) is 0.972. The molecule has 9 heteroatoms. The van der Waals surface area contributed by atoms with E-state index in [1.54, 1.807) is 24.3 Å². The molecular weight excluding hydrogens is 312 g/mol. The first-order valence-corrected chi connectivity index (χ1v) is 9.28. The number of benzene rings is 1. The molecule has 19 heavy (non-hydrogen) atoms. The molecule has 0 N–H and O–H groups in total. The maximum atomic E-state index is 12.1. The smallest absolute Gasteiger partial charge is 0.224 e. The van der Waals surface area contributed by atoms with Crippen molar-refractivity contribution >= 4 is 40.5 Å². The highest BCUT2D eigenvalue weighted by molar-refractivity contribution is 8.14. The van der Waals surface area contributed by atoms with Crippen LogP contribution in [-0.2, 0) is 18.9 Å². The number of fused-ring (bicyclic) bond motifs is 1. The third-order valence-corrected chi connectivity index (χ3v) is 5.59. The topological polar surface area (TPSA) is 94.1 Å². The lowest BCUT2D eigenvalue weighted by molar-refractivity contribution is 0.593. The number of sulfone groups is 1. The molecule has 0 atom stereocenters. The molecule has 0 aliphatic carbocycles. The molecule has 0 saturated carbocycles. The van der Waals surface area contributed by atoms with Crippen LogP contribution in [0.15, 0.2) is 35.4 Å². The third kappa shape index (κ3) is 3.40. The highest BCUT2D eigenvalue weighted by Crippen LogP contribution is 2.21. The second-order valence-electron chi connectivity index (χ2n) is 3.79. The fraction of sp³-hybridized carbons (Fsp3) is 0.200. The molecule has 1 aromatic carbocycles. The van der Waals surface area contributed by atoms with E-state index in [1.165, 1.54) is 0 Å². The molecule has 0 aliphatic heterocycles. The second-order valence-corrected chi connectivity index (χ2v) is 8.76. The minimum absolute atomic E-state index is 0.0431. The number of nitrogens with zero attached hydrogens (tertiary/aromatic N) is 2. The Labute approximate surface area is 114 Å². The van der Waals surface area contributed by atoms with Gasteiger partial charge in [-0.15, -0.1) is 0 Å². The van der Waals surface area contributed by atoms with Gasteiger partial charge >= 0.3 is 0 Å². The fourth-order valence-corrected chi connectivity index (χ4v) is 4.73. The highest BCUT2D eigenvalue weighted by Gasteiger charge is 2.21. The summed E-state index contributed by atoms with van der Waals surface area (Å²) in [6.07, 6.45) is 1.11. The largest absolute Gasteiger partial charge is 0.233 e. The molecule has 0 fully saturated rings. The summed E-state index contributed by atoms with van der Waals surface area (Å²) in [5, 5.41) is 7.82. The summed E-state index contributed by atoms with van der Waals surface area (Å²) in [6.45, 7) is 0. The first kappa shape index (κ1) is 14.2. The molecule has 0 aliphatic rings. The molecule has 0 saturated heterocycles. The van der Waals surface area contributed by atoms with Crippen LogP contribution in [0.4, 0.5) is 0 Å². The van der Waals surface area contributed by atoms with Crippen LogP contribution >= 0.6 is 10.7 Å². The van der Waals surface area contributed by atoms with E-state index in [0.29, 0.717) is 10.9 Å². The van der Waals surface area contributed by atoms with Gasteiger partial charge in [-0.05, 0) is 6.07 Å². The molecule has 6 nitrogen and oxygen atoms in total. The molecule has 0 bridgehead atoms. The monoisotopic (exact) mass is 320 g/mol. The number of hydrogen-bond acceptors (Lipinski definition) is 6. The van der Waals surface area contributed by atoms with Gasteiger partial charge in [0.05, 0.1) is 28.1 Å². The van der Waals surface area contributed by atoms with E-state index < -0.39 is 30.4 Å². The van der Waals surface area contributed by atoms with E-state index in [9.17, 15) is 16.8 Å². The highest BCUT2D eigenvalue weighted by atomic mass is 35.7. The summed E-state index contributed by atoms with van der Waals surface area (Å²) in [6, 6.07) is 6.59. The van der Waals surface area contributed by atoms with Gasteiger partial charge in [0.2, 0.25) is 9.05 Å². The lowest BCUT2D eigenvalue weighted by atomic mass is 10.2. The zero-order valence-corrected chi connectivity index (χ0v) is 11.9. The Morgan fingerprint density at radius 2 is 1.74 bits per heavy atom. The molecule has 102 valence electrons. The molecule has 1 heterocycles. The van der Waals surface area contributed by atoms with Gasteiger partial charge in [0.15, 0.2) is 9.84 Å². The van der Waals surface area contributed by atoms with Gasteiger partial charge in [-0.2, -0.15) is 10.2 Å². The van der Waals surface area contributed by atoms with Crippen molar-refractivity contribution < 1.29 is 16.8 Å². The van der Waals surface area contributed by atoms with Gasteiger partial charge in [-0.3, -0.25) is 0 Å². The van der Waals surface area contributed by atoms with Crippen molar-refractivity contribution in [1.29, 1.82) is 0 Å². The van der Waals surface area contributed by atoms with Crippen molar-refractivity contribution in [2.24, 2.45) is 0 Å². The quantitative estimate of drug-likeness (QED) is 0.779. The minimum Gasteiger partial charge on any atom is -0.224 e. The van der Waals surface area contributed by atoms with Crippen LogP contribution < -0.4 is 0 Å². The molecule has 0 amide bonds. The standard InChI is InChI=1S/C10H9ClN2O4S2/c11-19(16,17)6-5-18(14,15)10-7-12-13-9-4-2-1-3-8(9)10/h1-4,7H,5-6H2. The van der Waals surface area contributed by atoms with Gasteiger partial charge < -0.3 is 0 Å². The van der Waals surface area contributed by atoms with Gasteiger partial charge in [0.1, 0.15) is 0 Å². The number of hydrogen-bond donors (Lipinski definition) is 0. The Bertz CT molecular complexity index is 813. The van der Waals surface area contributed by atoms with Crippen molar-refractivity contribution in [2.75, 3.05) is 11.5 Å². The van der Waals surface area contributed by atoms with Gasteiger partial charge in [0.25, 0.3) is 0 Å². The molecule has 2 aromatic rings. The zero-order valence-electron chi connectivity index (χ0n) is 9.52. The summed E-state index contributed by atoms with van der Waals surface area (Å²) >= 11 is 0. The molecule has 0 radical (unpaired) electrons. The van der Waals surface area contributed by atoms with Crippen LogP contribution in [0.5, 0.6) is 0 Å². The Morgan fingerprint density at radius 1 is 1.05 bits per heavy atom. The first-order chi connectivity index (χ1) is 8.80. The molecular formula is C10H9ClN2O4S2. The van der Waals surface area contributed by atoms with Crippen molar-refractivity contribution in [3.63, 3.8) is 0 Å². The Hall–Kier alpha value is -1.25. The molecule has 0 spiro atoms. The molecule has 0 unspecified atom stereocenters. The van der Waals surface area contributed by atoms with E-state index in [4.69, 9.17) is 10.7 Å². The van der Waals surface area contributed by atoms with Crippen molar-refractivity contribution in [3.8, 4) is 0 Å². The van der Waals surface area contributed by atoms with Crippen LogP contribution in [0.1, 0.15) is 0 Å².